The van der Waals surface area contributed by atoms with E-state index in [1.165, 1.54) is 4.88 Å². The SMILES string of the molecule is Cc1cnc(Cn2nc(C)c(N)c2C)s1. The minimum absolute atomic E-state index is 0.711. The number of thiazole rings is 1. The van der Waals surface area contributed by atoms with Crippen LogP contribution in [0.4, 0.5) is 5.69 Å². The quantitative estimate of drug-likeness (QED) is 0.844. The molecule has 0 saturated carbocycles. The molecule has 0 aliphatic rings. The molecule has 0 spiro atoms. The van der Waals surface area contributed by atoms with Crippen LogP contribution >= 0.6 is 11.3 Å². The number of nitrogens with zero attached hydrogens (tertiary/aromatic N) is 3. The first kappa shape index (κ1) is 10.2. The molecule has 0 aliphatic carbocycles. The minimum atomic E-state index is 0.711. The third-order valence-corrected chi connectivity index (χ3v) is 3.29. The fourth-order valence-electron chi connectivity index (χ4n) is 1.47. The van der Waals surface area contributed by atoms with Crippen molar-refractivity contribution in [1.82, 2.24) is 14.8 Å². The van der Waals surface area contributed by atoms with Crippen LogP contribution in [0, 0.1) is 20.8 Å². The van der Waals surface area contributed by atoms with Crippen LogP contribution in [-0.2, 0) is 6.54 Å². The van der Waals surface area contributed by atoms with Gasteiger partial charge in [-0.1, -0.05) is 0 Å². The van der Waals surface area contributed by atoms with Crippen LogP contribution < -0.4 is 5.73 Å². The molecule has 2 rings (SSSR count). The van der Waals surface area contributed by atoms with Crippen molar-refractivity contribution in [2.75, 3.05) is 5.73 Å². The monoisotopic (exact) mass is 222 g/mol. The van der Waals surface area contributed by atoms with E-state index < -0.39 is 0 Å². The highest BCUT2D eigenvalue weighted by Crippen LogP contribution is 2.18. The summed E-state index contributed by atoms with van der Waals surface area (Å²) in [6.07, 6.45) is 1.88. The van der Waals surface area contributed by atoms with Gasteiger partial charge in [0.1, 0.15) is 5.01 Å². The zero-order valence-corrected chi connectivity index (χ0v) is 9.93. The van der Waals surface area contributed by atoms with Gasteiger partial charge in [0.25, 0.3) is 0 Å². The van der Waals surface area contributed by atoms with Crippen LogP contribution in [0.3, 0.4) is 0 Å². The summed E-state index contributed by atoms with van der Waals surface area (Å²) in [6, 6.07) is 0. The smallest absolute Gasteiger partial charge is 0.114 e. The van der Waals surface area contributed by atoms with Gasteiger partial charge in [-0.15, -0.1) is 11.3 Å². The molecular formula is C10H14N4S. The van der Waals surface area contributed by atoms with Crippen molar-refractivity contribution in [2.45, 2.75) is 27.3 Å². The van der Waals surface area contributed by atoms with Gasteiger partial charge in [0.05, 0.1) is 23.6 Å². The van der Waals surface area contributed by atoms with Crippen molar-refractivity contribution in [3.8, 4) is 0 Å². The van der Waals surface area contributed by atoms with Crippen LogP contribution in [0.25, 0.3) is 0 Å². The van der Waals surface area contributed by atoms with E-state index in [9.17, 15) is 0 Å². The highest BCUT2D eigenvalue weighted by Gasteiger charge is 2.09. The van der Waals surface area contributed by atoms with Crippen LogP contribution in [0.15, 0.2) is 6.20 Å². The highest BCUT2D eigenvalue weighted by molar-refractivity contribution is 7.11. The summed E-state index contributed by atoms with van der Waals surface area (Å²) in [5, 5.41) is 5.44. The number of nitrogen functional groups attached to an aromatic ring is 1. The van der Waals surface area contributed by atoms with Crippen LogP contribution in [0.5, 0.6) is 0 Å². The van der Waals surface area contributed by atoms with Gasteiger partial charge in [0, 0.05) is 11.1 Å². The summed E-state index contributed by atoms with van der Waals surface area (Å²) >= 11 is 1.69. The summed E-state index contributed by atoms with van der Waals surface area (Å²) in [6.45, 7) is 6.67. The first-order valence-corrected chi connectivity index (χ1v) is 5.60. The summed E-state index contributed by atoms with van der Waals surface area (Å²) in [5.41, 5.74) is 8.55. The standard InChI is InChI=1S/C10H14N4S/c1-6-4-12-9(15-6)5-14-8(3)10(11)7(2)13-14/h4H,5,11H2,1-3H3. The minimum Gasteiger partial charge on any atom is -0.396 e. The molecule has 5 heteroatoms. The number of nitrogens with two attached hydrogens (primary N) is 1. The Balaban J connectivity index is 2.28. The number of aryl methyl sites for hydroxylation is 2. The maximum Gasteiger partial charge on any atom is 0.114 e. The molecule has 2 aromatic heterocycles. The Labute approximate surface area is 92.8 Å². The molecule has 80 valence electrons. The molecule has 0 saturated heterocycles. The molecule has 0 atom stereocenters. The number of aromatic nitrogens is 3. The topological polar surface area (TPSA) is 56.7 Å². The lowest BCUT2D eigenvalue weighted by molar-refractivity contribution is 0.656. The maximum absolute atomic E-state index is 5.86. The highest BCUT2D eigenvalue weighted by atomic mass is 32.1. The predicted molar refractivity (Wildman–Crippen MR) is 62.1 cm³/mol. The second-order valence-corrected chi connectivity index (χ2v) is 4.93. The van der Waals surface area contributed by atoms with Crippen LogP contribution in [0.2, 0.25) is 0 Å². The molecule has 0 amide bonds. The summed E-state index contributed by atoms with van der Waals surface area (Å²) in [5.74, 6) is 0. The number of rotatable bonds is 2. The maximum atomic E-state index is 5.86. The third kappa shape index (κ3) is 1.87. The van der Waals surface area contributed by atoms with Crippen LogP contribution in [-0.4, -0.2) is 14.8 Å². The van der Waals surface area contributed by atoms with E-state index in [-0.39, 0.29) is 0 Å². The Bertz CT molecular complexity index is 484. The predicted octanol–water partition coefficient (Wildman–Crippen LogP) is 1.90. The first-order valence-electron chi connectivity index (χ1n) is 4.78. The Morgan fingerprint density at radius 2 is 2.13 bits per heavy atom. The fraction of sp³-hybridized carbons (Fsp3) is 0.400. The van der Waals surface area contributed by atoms with E-state index in [2.05, 4.69) is 17.0 Å². The molecular weight excluding hydrogens is 208 g/mol. The Hall–Kier alpha value is -1.36. The van der Waals surface area contributed by atoms with Gasteiger partial charge in [-0.2, -0.15) is 5.10 Å². The number of hydrogen-bond acceptors (Lipinski definition) is 4. The average Bonchev–Trinajstić information content (AvgIpc) is 2.68. The van der Waals surface area contributed by atoms with Crippen molar-refractivity contribution in [3.63, 3.8) is 0 Å². The molecule has 15 heavy (non-hydrogen) atoms. The van der Waals surface area contributed by atoms with Gasteiger partial charge < -0.3 is 5.73 Å². The van der Waals surface area contributed by atoms with Crippen molar-refractivity contribution in [1.29, 1.82) is 0 Å². The lowest BCUT2D eigenvalue weighted by Gasteiger charge is -2.00. The molecule has 0 fully saturated rings. The zero-order valence-electron chi connectivity index (χ0n) is 9.11. The molecule has 2 N–H and O–H groups in total. The van der Waals surface area contributed by atoms with E-state index in [0.717, 1.165) is 22.1 Å². The van der Waals surface area contributed by atoms with E-state index in [1.54, 1.807) is 11.3 Å². The van der Waals surface area contributed by atoms with E-state index in [1.807, 2.05) is 24.7 Å². The van der Waals surface area contributed by atoms with Gasteiger partial charge in [0.15, 0.2) is 0 Å². The molecule has 2 aromatic rings. The second-order valence-electron chi connectivity index (χ2n) is 3.61. The molecule has 0 aromatic carbocycles. The molecule has 0 bridgehead atoms. The zero-order chi connectivity index (χ0) is 11.0. The lowest BCUT2D eigenvalue weighted by atomic mass is 10.3. The van der Waals surface area contributed by atoms with E-state index >= 15 is 0 Å². The largest absolute Gasteiger partial charge is 0.396 e. The molecule has 0 aliphatic heterocycles. The lowest BCUT2D eigenvalue weighted by Crippen LogP contribution is -2.03. The Morgan fingerprint density at radius 1 is 1.40 bits per heavy atom. The fourth-order valence-corrected chi connectivity index (χ4v) is 2.24. The normalized spacial score (nSPS) is 10.9. The van der Waals surface area contributed by atoms with Gasteiger partial charge in [-0.05, 0) is 20.8 Å². The van der Waals surface area contributed by atoms with Gasteiger partial charge in [0.2, 0.25) is 0 Å². The van der Waals surface area contributed by atoms with Crippen molar-refractivity contribution >= 4 is 17.0 Å². The Morgan fingerprint density at radius 3 is 2.60 bits per heavy atom. The van der Waals surface area contributed by atoms with Crippen molar-refractivity contribution < 1.29 is 0 Å². The summed E-state index contributed by atoms with van der Waals surface area (Å²) in [7, 11) is 0. The number of anilines is 1. The summed E-state index contributed by atoms with van der Waals surface area (Å²) < 4.78 is 1.91. The molecule has 4 nitrogen and oxygen atoms in total. The Kier molecular flexibility index (Phi) is 2.48. The number of hydrogen-bond donors (Lipinski definition) is 1. The molecule has 0 unspecified atom stereocenters. The molecule has 2 heterocycles. The van der Waals surface area contributed by atoms with Gasteiger partial charge >= 0.3 is 0 Å². The van der Waals surface area contributed by atoms with Crippen LogP contribution in [0.1, 0.15) is 21.3 Å². The third-order valence-electron chi connectivity index (χ3n) is 2.39. The van der Waals surface area contributed by atoms with E-state index in [0.29, 0.717) is 6.54 Å². The summed E-state index contributed by atoms with van der Waals surface area (Å²) in [4.78, 5) is 5.53. The average molecular weight is 222 g/mol. The second kappa shape index (κ2) is 3.66. The van der Waals surface area contributed by atoms with E-state index in [4.69, 9.17) is 5.73 Å². The van der Waals surface area contributed by atoms with Crippen molar-refractivity contribution in [3.05, 3.63) is 27.5 Å². The first-order chi connectivity index (χ1) is 7.08. The molecule has 0 radical (unpaired) electrons. The van der Waals surface area contributed by atoms with Crippen molar-refractivity contribution in [2.24, 2.45) is 0 Å². The van der Waals surface area contributed by atoms with Gasteiger partial charge in [-0.25, -0.2) is 4.98 Å². The van der Waals surface area contributed by atoms with Gasteiger partial charge in [-0.3, -0.25) is 4.68 Å².